The molecule has 1 aliphatic heterocycles. The van der Waals surface area contributed by atoms with Crippen LogP contribution in [0.1, 0.15) is 21.5 Å². The maximum Gasteiger partial charge on any atom is 0.293 e. The van der Waals surface area contributed by atoms with E-state index in [9.17, 15) is 14.4 Å². The Balaban J connectivity index is 1.45. The van der Waals surface area contributed by atoms with E-state index < -0.39 is 11.1 Å². The predicted molar refractivity (Wildman–Crippen MR) is 126 cm³/mol. The van der Waals surface area contributed by atoms with Crippen LogP contribution in [0.15, 0.2) is 83.8 Å². The van der Waals surface area contributed by atoms with Gasteiger partial charge >= 0.3 is 0 Å². The van der Waals surface area contributed by atoms with E-state index in [2.05, 4.69) is 0 Å². The summed E-state index contributed by atoms with van der Waals surface area (Å²) in [5.41, 5.74) is 2.03. The summed E-state index contributed by atoms with van der Waals surface area (Å²) in [6.45, 7) is 0.0221. The van der Waals surface area contributed by atoms with Crippen molar-refractivity contribution in [3.05, 3.63) is 105 Å². The number of ketones is 1. The zero-order chi connectivity index (χ0) is 22.5. The summed E-state index contributed by atoms with van der Waals surface area (Å²) < 4.78 is 5.82. The fraction of sp³-hybridized carbons (Fsp3) is 0.0800. The Bertz CT molecular complexity index is 1210. The van der Waals surface area contributed by atoms with Gasteiger partial charge in [-0.2, -0.15) is 0 Å². The number of amides is 2. The number of hydrogen-bond acceptors (Lipinski definition) is 5. The molecule has 7 heteroatoms. The van der Waals surface area contributed by atoms with Gasteiger partial charge in [0.1, 0.15) is 12.4 Å². The number of hydrogen-bond donors (Lipinski definition) is 0. The summed E-state index contributed by atoms with van der Waals surface area (Å²) in [5, 5.41) is 0.166. The number of benzene rings is 3. The molecule has 0 spiro atoms. The Labute approximate surface area is 194 Å². The Morgan fingerprint density at radius 1 is 0.969 bits per heavy atom. The van der Waals surface area contributed by atoms with Gasteiger partial charge in [0.05, 0.1) is 11.4 Å². The average molecular weight is 464 g/mol. The quantitative estimate of drug-likeness (QED) is 0.325. The van der Waals surface area contributed by atoms with Crippen LogP contribution in [0.2, 0.25) is 5.02 Å². The Morgan fingerprint density at radius 2 is 1.72 bits per heavy atom. The third kappa shape index (κ3) is 5.10. The molecule has 0 aromatic heterocycles. The average Bonchev–Trinajstić information content (AvgIpc) is 3.06. The molecule has 1 aliphatic rings. The van der Waals surface area contributed by atoms with E-state index in [1.165, 1.54) is 0 Å². The molecule has 1 heterocycles. The van der Waals surface area contributed by atoms with Gasteiger partial charge in [0.25, 0.3) is 11.1 Å². The van der Waals surface area contributed by atoms with E-state index >= 15 is 0 Å². The molecule has 1 saturated heterocycles. The molecule has 0 bridgehead atoms. The molecule has 0 radical (unpaired) electrons. The molecule has 3 aromatic carbocycles. The monoisotopic (exact) mass is 463 g/mol. The van der Waals surface area contributed by atoms with E-state index in [0.29, 0.717) is 28.5 Å². The molecule has 0 saturated carbocycles. The van der Waals surface area contributed by atoms with Crippen LogP contribution >= 0.6 is 23.4 Å². The maximum absolute atomic E-state index is 12.7. The molecule has 0 unspecified atom stereocenters. The molecule has 0 aliphatic carbocycles. The van der Waals surface area contributed by atoms with Crippen molar-refractivity contribution in [1.82, 2.24) is 4.90 Å². The van der Waals surface area contributed by atoms with Crippen molar-refractivity contribution in [2.24, 2.45) is 0 Å². The Morgan fingerprint density at radius 3 is 2.50 bits per heavy atom. The zero-order valence-electron chi connectivity index (χ0n) is 16.9. The summed E-state index contributed by atoms with van der Waals surface area (Å²) in [5.74, 6) is -0.159. The number of ether oxygens (including phenoxy) is 1. The van der Waals surface area contributed by atoms with Crippen LogP contribution in [0.4, 0.5) is 4.79 Å². The second-order valence-electron chi connectivity index (χ2n) is 7.01. The summed E-state index contributed by atoms with van der Waals surface area (Å²) in [6, 6.07) is 23.2. The number of imide groups is 1. The van der Waals surface area contributed by atoms with Crippen LogP contribution in [0, 0.1) is 0 Å². The first-order valence-electron chi connectivity index (χ1n) is 9.81. The first-order valence-corrected chi connectivity index (χ1v) is 11.0. The largest absolute Gasteiger partial charge is 0.489 e. The fourth-order valence-electron chi connectivity index (χ4n) is 3.12. The summed E-state index contributed by atoms with van der Waals surface area (Å²) in [4.78, 5) is 38.7. The van der Waals surface area contributed by atoms with Gasteiger partial charge in [-0.1, -0.05) is 72.3 Å². The third-order valence-electron chi connectivity index (χ3n) is 4.78. The summed E-state index contributed by atoms with van der Waals surface area (Å²) in [7, 11) is 0. The topological polar surface area (TPSA) is 63.7 Å². The lowest BCUT2D eigenvalue weighted by Crippen LogP contribution is -2.33. The molecule has 0 N–H and O–H groups in total. The normalized spacial score (nSPS) is 14.8. The van der Waals surface area contributed by atoms with Gasteiger partial charge in [-0.05, 0) is 41.6 Å². The molecular weight excluding hydrogens is 446 g/mol. The van der Waals surface area contributed by atoms with Gasteiger partial charge < -0.3 is 4.74 Å². The number of nitrogens with zero attached hydrogens (tertiary/aromatic N) is 1. The number of carbonyl (C=O) groups is 3. The lowest BCUT2D eigenvalue weighted by Gasteiger charge is -2.11. The molecule has 1 fully saturated rings. The molecule has 160 valence electrons. The molecule has 3 aromatic rings. The van der Waals surface area contributed by atoms with Crippen molar-refractivity contribution < 1.29 is 19.1 Å². The number of thioether (sulfide) groups is 1. The van der Waals surface area contributed by atoms with Crippen molar-refractivity contribution in [2.75, 3.05) is 6.54 Å². The van der Waals surface area contributed by atoms with E-state index in [4.69, 9.17) is 16.3 Å². The van der Waals surface area contributed by atoms with Crippen LogP contribution < -0.4 is 4.74 Å². The van der Waals surface area contributed by atoms with Gasteiger partial charge in [0.2, 0.25) is 0 Å². The molecule has 4 rings (SSSR count). The van der Waals surface area contributed by atoms with Crippen molar-refractivity contribution >= 4 is 46.4 Å². The second-order valence-corrected chi connectivity index (χ2v) is 8.41. The highest BCUT2D eigenvalue weighted by molar-refractivity contribution is 8.18. The molecular formula is C25H18ClNO4S. The highest BCUT2D eigenvalue weighted by Gasteiger charge is 2.36. The van der Waals surface area contributed by atoms with Crippen LogP contribution in [-0.2, 0) is 11.4 Å². The van der Waals surface area contributed by atoms with Gasteiger partial charge in [0, 0.05) is 16.1 Å². The predicted octanol–water partition coefficient (Wildman–Crippen LogP) is 5.84. The Kier molecular flexibility index (Phi) is 6.73. The number of halogens is 1. The van der Waals surface area contributed by atoms with E-state index in [1.807, 2.05) is 24.3 Å². The first kappa shape index (κ1) is 21.9. The van der Waals surface area contributed by atoms with Crippen molar-refractivity contribution in [1.29, 1.82) is 0 Å². The summed E-state index contributed by atoms with van der Waals surface area (Å²) >= 11 is 6.98. The van der Waals surface area contributed by atoms with Gasteiger partial charge in [0.15, 0.2) is 5.78 Å². The van der Waals surface area contributed by atoms with E-state index in [0.717, 1.165) is 22.2 Å². The molecule has 5 nitrogen and oxygen atoms in total. The van der Waals surface area contributed by atoms with Crippen LogP contribution in [0.5, 0.6) is 5.75 Å². The van der Waals surface area contributed by atoms with Crippen molar-refractivity contribution in [3.63, 3.8) is 0 Å². The SMILES string of the molecule is O=C(CN1C(=O)S/C(=C/c2cccc(OCc3ccccc3Cl)c2)C1=O)c1ccccc1. The first-order chi connectivity index (χ1) is 15.5. The molecule has 2 amide bonds. The smallest absolute Gasteiger partial charge is 0.293 e. The van der Waals surface area contributed by atoms with Gasteiger partial charge in [-0.15, -0.1) is 0 Å². The van der Waals surface area contributed by atoms with Crippen LogP contribution in [-0.4, -0.2) is 28.4 Å². The van der Waals surface area contributed by atoms with Crippen molar-refractivity contribution in [2.45, 2.75) is 6.61 Å². The minimum atomic E-state index is -0.480. The van der Waals surface area contributed by atoms with Crippen LogP contribution in [0.3, 0.4) is 0 Å². The minimum absolute atomic E-state index is 0.263. The van der Waals surface area contributed by atoms with Gasteiger partial charge in [-0.3, -0.25) is 19.3 Å². The standard InChI is InChI=1S/C25H18ClNO4S/c26-21-12-5-4-10-19(21)16-31-20-11-6-7-17(13-20)14-23-24(29)27(25(30)32-23)15-22(28)18-8-2-1-3-9-18/h1-14H,15-16H2/b23-14+. The minimum Gasteiger partial charge on any atom is -0.489 e. The highest BCUT2D eigenvalue weighted by atomic mass is 35.5. The Hall–Kier alpha value is -3.35. The highest BCUT2D eigenvalue weighted by Crippen LogP contribution is 2.33. The van der Waals surface area contributed by atoms with E-state index in [1.54, 1.807) is 60.7 Å². The fourth-order valence-corrected chi connectivity index (χ4v) is 4.15. The van der Waals surface area contributed by atoms with Crippen molar-refractivity contribution in [3.8, 4) is 5.75 Å². The molecule has 0 atom stereocenters. The third-order valence-corrected chi connectivity index (χ3v) is 6.06. The van der Waals surface area contributed by atoms with Crippen LogP contribution in [0.25, 0.3) is 6.08 Å². The lowest BCUT2D eigenvalue weighted by atomic mass is 10.1. The van der Waals surface area contributed by atoms with Gasteiger partial charge in [-0.25, -0.2) is 0 Å². The zero-order valence-corrected chi connectivity index (χ0v) is 18.4. The summed E-state index contributed by atoms with van der Waals surface area (Å²) in [6.07, 6.45) is 1.63. The number of rotatable bonds is 7. The lowest BCUT2D eigenvalue weighted by molar-refractivity contribution is -0.122. The second kappa shape index (κ2) is 9.85. The molecule has 32 heavy (non-hydrogen) atoms. The number of carbonyl (C=O) groups excluding carboxylic acids is 3. The van der Waals surface area contributed by atoms with E-state index in [-0.39, 0.29) is 17.2 Å². The number of Topliss-reactive ketones (excluding diaryl/α,β-unsaturated/α-hetero) is 1. The maximum atomic E-state index is 12.7.